The number of fused-ring (bicyclic) bond motifs is 1. The van der Waals surface area contributed by atoms with Crippen molar-refractivity contribution < 1.29 is 14.6 Å². The first kappa shape index (κ1) is 15.7. The van der Waals surface area contributed by atoms with E-state index >= 15 is 0 Å². The van der Waals surface area contributed by atoms with Gasteiger partial charge in [0.25, 0.3) is 0 Å². The van der Waals surface area contributed by atoms with Crippen LogP contribution in [0.25, 0.3) is 10.9 Å². The van der Waals surface area contributed by atoms with E-state index in [0.29, 0.717) is 24.5 Å². The average molecular weight is 389 g/mol. The molecule has 0 aliphatic carbocycles. The van der Waals surface area contributed by atoms with Crippen molar-refractivity contribution in [3.05, 3.63) is 21.9 Å². The van der Waals surface area contributed by atoms with Gasteiger partial charge in [-0.2, -0.15) is 4.98 Å². The second-order valence-corrected chi connectivity index (χ2v) is 6.04. The Labute approximate surface area is 141 Å². The van der Waals surface area contributed by atoms with Crippen LogP contribution in [0.3, 0.4) is 0 Å². The Kier molecular flexibility index (Phi) is 4.97. The normalized spacial score (nSPS) is 15.3. The second-order valence-electron chi connectivity index (χ2n) is 4.79. The molecule has 1 saturated heterocycles. The van der Waals surface area contributed by atoms with Crippen LogP contribution in [0.5, 0.6) is 5.75 Å². The van der Waals surface area contributed by atoms with Gasteiger partial charge < -0.3 is 19.5 Å². The van der Waals surface area contributed by atoms with Crippen molar-refractivity contribution in [1.82, 2.24) is 9.97 Å². The molecule has 2 aromatic rings. The molecule has 0 saturated carbocycles. The summed E-state index contributed by atoms with van der Waals surface area (Å²) in [7, 11) is 0. The lowest BCUT2D eigenvalue weighted by atomic mass is 10.2. The van der Waals surface area contributed by atoms with Crippen LogP contribution in [-0.4, -0.2) is 54.6 Å². The lowest BCUT2D eigenvalue weighted by molar-refractivity contribution is 0.122. The number of rotatable bonds is 4. The highest BCUT2D eigenvalue weighted by atomic mass is 79.9. The molecule has 1 aromatic heterocycles. The number of aromatic nitrogens is 2. The highest BCUT2D eigenvalue weighted by Gasteiger charge is 2.19. The van der Waals surface area contributed by atoms with Crippen LogP contribution < -0.4 is 9.64 Å². The molecule has 22 heavy (non-hydrogen) atoms. The number of hydrogen-bond acceptors (Lipinski definition) is 6. The zero-order valence-corrected chi connectivity index (χ0v) is 14.1. The molecule has 6 nitrogen and oxygen atoms in total. The van der Waals surface area contributed by atoms with Gasteiger partial charge in [-0.25, -0.2) is 4.98 Å². The van der Waals surface area contributed by atoms with Crippen molar-refractivity contribution in [1.29, 1.82) is 0 Å². The molecule has 1 fully saturated rings. The molecule has 2 heterocycles. The van der Waals surface area contributed by atoms with E-state index in [2.05, 4.69) is 30.8 Å². The third-order valence-corrected chi connectivity index (χ3v) is 3.97. The number of aliphatic hydroxyl groups excluding tert-OH is 1. The van der Waals surface area contributed by atoms with Crippen LogP contribution in [0.4, 0.5) is 5.82 Å². The average Bonchev–Trinajstić information content (AvgIpc) is 2.53. The summed E-state index contributed by atoms with van der Waals surface area (Å²) in [6, 6.07) is 3.76. The molecular formula is C14H15BrClN3O3. The van der Waals surface area contributed by atoms with Crippen LogP contribution in [0, 0.1) is 0 Å². The van der Waals surface area contributed by atoms with Crippen molar-refractivity contribution in [2.75, 3.05) is 44.4 Å². The molecule has 1 aliphatic heterocycles. The summed E-state index contributed by atoms with van der Waals surface area (Å²) in [6.07, 6.45) is 0. The number of anilines is 1. The van der Waals surface area contributed by atoms with Gasteiger partial charge in [0.15, 0.2) is 0 Å². The van der Waals surface area contributed by atoms with Crippen molar-refractivity contribution in [2.45, 2.75) is 0 Å². The van der Waals surface area contributed by atoms with Crippen molar-refractivity contribution in [2.24, 2.45) is 0 Å². The lowest BCUT2D eigenvalue weighted by Gasteiger charge is -2.28. The molecule has 1 N–H and O–H groups in total. The third-order valence-electron chi connectivity index (χ3n) is 3.34. The Morgan fingerprint density at radius 3 is 2.82 bits per heavy atom. The maximum Gasteiger partial charge on any atom is 0.225 e. The molecule has 0 unspecified atom stereocenters. The smallest absolute Gasteiger partial charge is 0.225 e. The zero-order valence-electron chi connectivity index (χ0n) is 11.8. The Balaban J connectivity index is 2.13. The predicted molar refractivity (Wildman–Crippen MR) is 87.9 cm³/mol. The zero-order chi connectivity index (χ0) is 15.5. The van der Waals surface area contributed by atoms with E-state index < -0.39 is 0 Å². The third kappa shape index (κ3) is 3.27. The monoisotopic (exact) mass is 387 g/mol. The number of nitrogens with zero attached hydrogens (tertiary/aromatic N) is 3. The number of morpholine rings is 1. The lowest BCUT2D eigenvalue weighted by Crippen LogP contribution is -2.37. The van der Waals surface area contributed by atoms with Gasteiger partial charge in [-0.3, -0.25) is 0 Å². The molecule has 1 aromatic carbocycles. The minimum absolute atomic E-state index is 0.0663. The fourth-order valence-corrected chi connectivity index (χ4v) is 3.01. The number of ether oxygens (including phenoxy) is 2. The van der Waals surface area contributed by atoms with Crippen LogP contribution >= 0.6 is 27.5 Å². The molecule has 0 bridgehead atoms. The van der Waals surface area contributed by atoms with Gasteiger partial charge in [0.1, 0.15) is 23.7 Å². The molecular weight excluding hydrogens is 374 g/mol. The first-order valence-corrected chi connectivity index (χ1v) is 8.09. The number of benzene rings is 1. The van der Waals surface area contributed by atoms with Crippen molar-refractivity contribution >= 4 is 44.3 Å². The summed E-state index contributed by atoms with van der Waals surface area (Å²) in [6.45, 7) is 2.95. The Morgan fingerprint density at radius 2 is 2.09 bits per heavy atom. The SMILES string of the molecule is OCCOc1cc(Br)cc2c(N3CCOCC3)nc(Cl)nc12. The first-order chi connectivity index (χ1) is 10.7. The van der Waals surface area contributed by atoms with E-state index in [1.165, 1.54) is 0 Å². The minimum atomic E-state index is -0.0663. The predicted octanol–water partition coefficient (Wildman–Crippen LogP) is 2.25. The highest BCUT2D eigenvalue weighted by molar-refractivity contribution is 9.10. The Morgan fingerprint density at radius 1 is 1.32 bits per heavy atom. The summed E-state index contributed by atoms with van der Waals surface area (Å²) < 4.78 is 11.8. The largest absolute Gasteiger partial charge is 0.489 e. The summed E-state index contributed by atoms with van der Waals surface area (Å²) in [5.74, 6) is 1.34. The van der Waals surface area contributed by atoms with Crippen LogP contribution in [0.2, 0.25) is 5.28 Å². The fourth-order valence-electron chi connectivity index (χ4n) is 2.41. The highest BCUT2D eigenvalue weighted by Crippen LogP contribution is 2.35. The number of hydrogen-bond donors (Lipinski definition) is 1. The standard InChI is InChI=1S/C14H15BrClN3O3/c15-9-7-10-12(11(8-9)22-6-3-20)17-14(16)18-13(10)19-1-4-21-5-2-19/h7-8,20H,1-6H2. The minimum Gasteiger partial charge on any atom is -0.489 e. The number of aliphatic hydroxyl groups is 1. The van der Waals surface area contributed by atoms with E-state index in [-0.39, 0.29) is 18.5 Å². The maximum atomic E-state index is 8.96. The van der Waals surface area contributed by atoms with Crippen LogP contribution in [-0.2, 0) is 4.74 Å². The first-order valence-electron chi connectivity index (χ1n) is 6.92. The van der Waals surface area contributed by atoms with Gasteiger partial charge in [-0.05, 0) is 23.7 Å². The second kappa shape index (κ2) is 6.95. The van der Waals surface area contributed by atoms with E-state index in [1.54, 1.807) is 0 Å². The summed E-state index contributed by atoms with van der Waals surface area (Å²) >= 11 is 9.57. The molecule has 0 radical (unpaired) electrons. The van der Waals surface area contributed by atoms with Gasteiger partial charge in [0, 0.05) is 22.9 Å². The molecule has 1 aliphatic rings. The molecule has 0 amide bonds. The van der Waals surface area contributed by atoms with Crippen LogP contribution in [0.1, 0.15) is 0 Å². The molecule has 0 atom stereocenters. The fraction of sp³-hybridized carbons (Fsp3) is 0.429. The van der Waals surface area contributed by atoms with Gasteiger partial charge in [0.2, 0.25) is 5.28 Å². The summed E-state index contributed by atoms with van der Waals surface area (Å²) in [5.41, 5.74) is 0.637. The Bertz CT molecular complexity index is 680. The van der Waals surface area contributed by atoms with E-state index in [9.17, 15) is 0 Å². The van der Waals surface area contributed by atoms with Crippen LogP contribution in [0.15, 0.2) is 16.6 Å². The Hall–Kier alpha value is -1.15. The van der Waals surface area contributed by atoms with Gasteiger partial charge in [-0.1, -0.05) is 15.9 Å². The van der Waals surface area contributed by atoms with Crippen molar-refractivity contribution in [3.63, 3.8) is 0 Å². The van der Waals surface area contributed by atoms with E-state index in [0.717, 1.165) is 28.8 Å². The molecule has 8 heteroatoms. The van der Waals surface area contributed by atoms with Crippen molar-refractivity contribution in [3.8, 4) is 5.75 Å². The summed E-state index contributed by atoms with van der Waals surface area (Å²) in [4.78, 5) is 10.8. The molecule has 0 spiro atoms. The van der Waals surface area contributed by atoms with E-state index in [4.69, 9.17) is 26.2 Å². The summed E-state index contributed by atoms with van der Waals surface area (Å²) in [5, 5.41) is 9.99. The number of halogens is 2. The van der Waals surface area contributed by atoms with E-state index in [1.807, 2.05) is 12.1 Å². The topological polar surface area (TPSA) is 67.7 Å². The van der Waals surface area contributed by atoms with Gasteiger partial charge in [-0.15, -0.1) is 0 Å². The van der Waals surface area contributed by atoms with Gasteiger partial charge >= 0.3 is 0 Å². The van der Waals surface area contributed by atoms with Gasteiger partial charge in [0.05, 0.1) is 19.8 Å². The molecule has 3 rings (SSSR count). The maximum absolute atomic E-state index is 8.96. The quantitative estimate of drug-likeness (QED) is 0.810. The molecule has 118 valence electrons.